The molecule has 0 amide bonds. The molecule has 94 valence electrons. The van der Waals surface area contributed by atoms with Crippen molar-refractivity contribution in [2.45, 2.75) is 29.7 Å². The molecule has 1 aromatic carbocycles. The number of fused-ring (bicyclic) bond motifs is 1. The lowest BCUT2D eigenvalue weighted by Gasteiger charge is -2.23. The van der Waals surface area contributed by atoms with Crippen LogP contribution in [0.25, 0.3) is 0 Å². The van der Waals surface area contributed by atoms with Crippen LogP contribution in [0.1, 0.15) is 24.3 Å². The predicted octanol–water partition coefficient (Wildman–Crippen LogP) is 2.89. The normalized spacial score (nSPS) is 20.2. The van der Waals surface area contributed by atoms with Crippen LogP contribution in [-0.4, -0.2) is 32.6 Å². The molecule has 0 saturated carbocycles. The Kier molecular flexibility index (Phi) is 4.89. The van der Waals surface area contributed by atoms with Gasteiger partial charge in [0.2, 0.25) is 0 Å². The molecule has 0 aliphatic carbocycles. The van der Waals surface area contributed by atoms with Crippen molar-refractivity contribution in [2.75, 3.05) is 26.5 Å². The molecule has 1 aromatic rings. The third kappa shape index (κ3) is 3.03. The third-order valence-corrected chi connectivity index (χ3v) is 4.67. The minimum Gasteiger partial charge on any atom is -0.385 e. The van der Waals surface area contributed by atoms with E-state index in [1.54, 1.807) is 7.11 Å². The number of thioether (sulfide) groups is 1. The minimum absolute atomic E-state index is 0.571. The molecule has 0 radical (unpaired) electrons. The van der Waals surface area contributed by atoms with Crippen molar-refractivity contribution in [3.05, 3.63) is 29.8 Å². The van der Waals surface area contributed by atoms with Gasteiger partial charge in [0.1, 0.15) is 0 Å². The lowest BCUT2D eigenvalue weighted by atomic mass is 9.90. The predicted molar refractivity (Wildman–Crippen MR) is 73.9 cm³/mol. The number of methoxy groups -OCH3 is 1. The molecular formula is C14H21NOS. The van der Waals surface area contributed by atoms with E-state index in [2.05, 4.69) is 36.6 Å². The van der Waals surface area contributed by atoms with Gasteiger partial charge in [-0.25, -0.2) is 0 Å². The van der Waals surface area contributed by atoms with Crippen LogP contribution in [0, 0.1) is 0 Å². The lowest BCUT2D eigenvalue weighted by molar-refractivity contribution is 0.188. The van der Waals surface area contributed by atoms with E-state index in [0.717, 1.165) is 13.0 Å². The highest BCUT2D eigenvalue weighted by Gasteiger charge is 2.28. The van der Waals surface area contributed by atoms with E-state index >= 15 is 0 Å². The lowest BCUT2D eigenvalue weighted by Crippen LogP contribution is -2.32. The van der Waals surface area contributed by atoms with Gasteiger partial charge in [-0.05, 0) is 31.5 Å². The van der Waals surface area contributed by atoms with Crippen LogP contribution < -0.4 is 5.32 Å². The quantitative estimate of drug-likeness (QED) is 0.786. The first-order chi connectivity index (χ1) is 8.36. The molecule has 2 atom stereocenters. The molecule has 1 aliphatic heterocycles. The topological polar surface area (TPSA) is 21.3 Å². The van der Waals surface area contributed by atoms with Crippen LogP contribution in [0.5, 0.6) is 0 Å². The Bertz CT molecular complexity index is 356. The average molecular weight is 251 g/mol. The summed E-state index contributed by atoms with van der Waals surface area (Å²) in [4.78, 5) is 1.46. The van der Waals surface area contributed by atoms with Crippen molar-refractivity contribution in [1.29, 1.82) is 0 Å². The summed E-state index contributed by atoms with van der Waals surface area (Å²) in [7, 11) is 3.85. The number of benzene rings is 1. The molecule has 3 heteroatoms. The largest absolute Gasteiger partial charge is 0.385 e. The molecule has 1 aliphatic rings. The fourth-order valence-electron chi connectivity index (χ4n) is 2.51. The zero-order valence-corrected chi connectivity index (χ0v) is 11.4. The first kappa shape index (κ1) is 12.9. The van der Waals surface area contributed by atoms with Crippen LogP contribution >= 0.6 is 11.8 Å². The molecule has 0 saturated heterocycles. The van der Waals surface area contributed by atoms with Gasteiger partial charge in [-0.15, -0.1) is 11.8 Å². The van der Waals surface area contributed by atoms with E-state index in [9.17, 15) is 0 Å². The highest BCUT2D eigenvalue weighted by atomic mass is 32.2. The molecule has 2 rings (SSSR count). The summed E-state index contributed by atoms with van der Waals surface area (Å²) in [6, 6.07) is 9.37. The van der Waals surface area contributed by atoms with E-state index in [1.165, 1.54) is 22.6 Å². The SMILES string of the molecule is CNC(CCCOC)C1CSc2ccccc21. The van der Waals surface area contributed by atoms with Gasteiger partial charge in [0, 0.05) is 36.3 Å². The standard InChI is InChI=1S/C14H21NOS/c1-15-13(7-5-9-16-2)12-10-17-14-8-4-3-6-11(12)14/h3-4,6,8,12-13,15H,5,7,9-10H2,1-2H3. The van der Waals surface area contributed by atoms with Crippen molar-refractivity contribution in [3.8, 4) is 0 Å². The molecule has 0 bridgehead atoms. The summed E-state index contributed by atoms with van der Waals surface area (Å²) in [5.74, 6) is 1.86. The molecule has 2 unspecified atom stereocenters. The summed E-state index contributed by atoms with van der Waals surface area (Å²) in [5, 5.41) is 3.47. The number of hydrogen-bond donors (Lipinski definition) is 1. The van der Waals surface area contributed by atoms with E-state index in [4.69, 9.17) is 4.74 Å². The van der Waals surface area contributed by atoms with Crippen LogP contribution in [0.15, 0.2) is 29.2 Å². The molecular weight excluding hydrogens is 230 g/mol. The maximum absolute atomic E-state index is 5.14. The fourth-order valence-corrected chi connectivity index (χ4v) is 3.85. The van der Waals surface area contributed by atoms with Crippen molar-refractivity contribution in [3.63, 3.8) is 0 Å². The van der Waals surface area contributed by atoms with Gasteiger partial charge >= 0.3 is 0 Å². The Morgan fingerprint density at radius 2 is 2.29 bits per heavy atom. The number of rotatable bonds is 6. The van der Waals surface area contributed by atoms with Gasteiger partial charge in [-0.3, -0.25) is 0 Å². The molecule has 1 N–H and O–H groups in total. The van der Waals surface area contributed by atoms with Gasteiger partial charge < -0.3 is 10.1 Å². The summed E-state index contributed by atoms with van der Waals surface area (Å²) in [6.45, 7) is 0.861. The van der Waals surface area contributed by atoms with Gasteiger partial charge in [0.25, 0.3) is 0 Å². The van der Waals surface area contributed by atoms with Crippen LogP contribution in [0.4, 0.5) is 0 Å². The molecule has 0 fully saturated rings. The maximum atomic E-state index is 5.14. The average Bonchev–Trinajstić information content (AvgIpc) is 2.79. The smallest absolute Gasteiger partial charge is 0.0462 e. The van der Waals surface area contributed by atoms with Crippen LogP contribution in [0.3, 0.4) is 0 Å². The fraction of sp³-hybridized carbons (Fsp3) is 0.571. The number of likely N-dealkylation sites (N-methyl/N-ethyl adjacent to an activating group) is 1. The van der Waals surface area contributed by atoms with Crippen molar-refractivity contribution >= 4 is 11.8 Å². The summed E-state index contributed by atoms with van der Waals surface area (Å²) in [5.41, 5.74) is 1.52. The Balaban J connectivity index is 2.01. The Morgan fingerprint density at radius 1 is 1.47 bits per heavy atom. The van der Waals surface area contributed by atoms with Crippen LogP contribution in [-0.2, 0) is 4.74 Å². The molecule has 2 nitrogen and oxygen atoms in total. The van der Waals surface area contributed by atoms with Crippen molar-refractivity contribution < 1.29 is 4.74 Å². The molecule has 0 spiro atoms. The second-order valence-electron chi connectivity index (χ2n) is 4.49. The van der Waals surface area contributed by atoms with Gasteiger partial charge in [0.05, 0.1) is 0 Å². The van der Waals surface area contributed by atoms with Crippen LogP contribution in [0.2, 0.25) is 0 Å². The van der Waals surface area contributed by atoms with Gasteiger partial charge in [-0.1, -0.05) is 18.2 Å². The molecule has 0 aromatic heterocycles. The van der Waals surface area contributed by atoms with Crippen molar-refractivity contribution in [1.82, 2.24) is 5.32 Å². The number of nitrogens with one attached hydrogen (secondary N) is 1. The minimum atomic E-state index is 0.571. The first-order valence-corrected chi connectivity index (χ1v) is 7.23. The van der Waals surface area contributed by atoms with Crippen molar-refractivity contribution in [2.24, 2.45) is 0 Å². The summed E-state index contributed by atoms with van der Waals surface area (Å²) in [6.07, 6.45) is 2.31. The first-order valence-electron chi connectivity index (χ1n) is 6.24. The highest BCUT2D eigenvalue weighted by Crippen LogP contribution is 2.41. The Hall–Kier alpha value is -0.510. The maximum Gasteiger partial charge on any atom is 0.0462 e. The highest BCUT2D eigenvalue weighted by molar-refractivity contribution is 7.99. The molecule has 1 heterocycles. The van der Waals surface area contributed by atoms with E-state index in [-0.39, 0.29) is 0 Å². The number of ether oxygens (including phenoxy) is 1. The summed E-state index contributed by atoms with van der Waals surface area (Å²) >= 11 is 1.99. The monoisotopic (exact) mass is 251 g/mol. The van der Waals surface area contributed by atoms with Gasteiger partial charge in [-0.2, -0.15) is 0 Å². The number of hydrogen-bond acceptors (Lipinski definition) is 3. The van der Waals surface area contributed by atoms with E-state index in [0.29, 0.717) is 12.0 Å². The molecule has 17 heavy (non-hydrogen) atoms. The summed E-state index contributed by atoms with van der Waals surface area (Å²) < 4.78 is 5.14. The zero-order valence-electron chi connectivity index (χ0n) is 10.6. The van der Waals surface area contributed by atoms with E-state index < -0.39 is 0 Å². The third-order valence-electron chi connectivity index (χ3n) is 3.46. The second-order valence-corrected chi connectivity index (χ2v) is 5.55. The Morgan fingerprint density at radius 3 is 3.06 bits per heavy atom. The van der Waals surface area contributed by atoms with Gasteiger partial charge in [0.15, 0.2) is 0 Å². The van der Waals surface area contributed by atoms with E-state index in [1.807, 2.05) is 11.8 Å². The second kappa shape index (κ2) is 6.43. The zero-order chi connectivity index (χ0) is 12.1. The Labute approximate surface area is 108 Å².